The van der Waals surface area contributed by atoms with Gasteiger partial charge in [-0.15, -0.1) is 0 Å². The molecule has 1 heterocycles. The van der Waals surface area contributed by atoms with Crippen molar-refractivity contribution in [2.75, 3.05) is 6.54 Å². The normalized spacial score (nSPS) is 19.2. The molecule has 1 aromatic rings. The number of rotatable bonds is 6. The van der Waals surface area contributed by atoms with E-state index in [1.165, 1.54) is 12.8 Å². The lowest BCUT2D eigenvalue weighted by Crippen LogP contribution is -2.43. The van der Waals surface area contributed by atoms with Crippen molar-refractivity contribution in [3.05, 3.63) is 30.1 Å². The molecule has 1 aliphatic rings. The van der Waals surface area contributed by atoms with Crippen LogP contribution < -0.4 is 5.73 Å². The second-order valence-electron chi connectivity index (χ2n) is 5.88. The van der Waals surface area contributed by atoms with Gasteiger partial charge in [-0.3, -0.25) is 9.88 Å². The van der Waals surface area contributed by atoms with Crippen LogP contribution in [-0.4, -0.2) is 28.5 Å². The van der Waals surface area contributed by atoms with Crippen molar-refractivity contribution in [3.8, 4) is 0 Å². The minimum absolute atomic E-state index is 0.110. The van der Waals surface area contributed by atoms with Crippen LogP contribution in [0.25, 0.3) is 0 Å². The summed E-state index contributed by atoms with van der Waals surface area (Å²) in [4.78, 5) is 7.08. The Balaban J connectivity index is 2.22. The van der Waals surface area contributed by atoms with E-state index in [-0.39, 0.29) is 12.1 Å². The molecule has 0 bridgehead atoms. The molecule has 0 saturated heterocycles. The van der Waals surface area contributed by atoms with Crippen molar-refractivity contribution in [3.63, 3.8) is 0 Å². The number of nitrogens with two attached hydrogens (primary N) is 1. The Kier molecular flexibility index (Phi) is 4.36. The number of hydrogen-bond acceptors (Lipinski definition) is 3. The predicted octanol–water partition coefficient (Wildman–Crippen LogP) is 2.59. The van der Waals surface area contributed by atoms with E-state index in [0.717, 1.165) is 12.2 Å². The Morgan fingerprint density at radius 2 is 2.06 bits per heavy atom. The highest BCUT2D eigenvalue weighted by Crippen LogP contribution is 2.35. The van der Waals surface area contributed by atoms with Gasteiger partial charge in [-0.25, -0.2) is 0 Å². The van der Waals surface area contributed by atoms with Gasteiger partial charge in [-0.1, -0.05) is 19.9 Å². The zero-order valence-electron chi connectivity index (χ0n) is 11.7. The first-order chi connectivity index (χ1) is 8.59. The van der Waals surface area contributed by atoms with Gasteiger partial charge >= 0.3 is 0 Å². The average Bonchev–Trinajstić information content (AvgIpc) is 3.12. The Morgan fingerprint density at radius 1 is 1.33 bits per heavy atom. The van der Waals surface area contributed by atoms with Gasteiger partial charge in [-0.05, 0) is 37.8 Å². The molecular weight excluding hydrogens is 222 g/mol. The fourth-order valence-electron chi connectivity index (χ4n) is 2.61. The first-order valence-corrected chi connectivity index (χ1v) is 7.02. The van der Waals surface area contributed by atoms with Gasteiger partial charge in [0.2, 0.25) is 0 Å². The van der Waals surface area contributed by atoms with E-state index in [0.29, 0.717) is 12.0 Å². The van der Waals surface area contributed by atoms with Crippen LogP contribution in [0.3, 0.4) is 0 Å². The van der Waals surface area contributed by atoms with Crippen molar-refractivity contribution in [1.29, 1.82) is 0 Å². The molecule has 0 aliphatic heterocycles. The summed E-state index contributed by atoms with van der Waals surface area (Å²) >= 11 is 0. The molecule has 2 unspecified atom stereocenters. The summed E-state index contributed by atoms with van der Waals surface area (Å²) in [6, 6.07) is 7.19. The summed E-state index contributed by atoms with van der Waals surface area (Å²) < 4.78 is 0. The first-order valence-electron chi connectivity index (χ1n) is 7.02. The third-order valence-electron chi connectivity index (χ3n) is 3.44. The summed E-state index contributed by atoms with van der Waals surface area (Å²) in [5.74, 6) is 0.663. The number of hydrogen-bond donors (Lipinski definition) is 1. The summed E-state index contributed by atoms with van der Waals surface area (Å²) in [7, 11) is 0. The summed E-state index contributed by atoms with van der Waals surface area (Å²) in [5, 5.41) is 0. The molecule has 100 valence electrons. The van der Waals surface area contributed by atoms with E-state index in [1.807, 2.05) is 12.3 Å². The van der Waals surface area contributed by atoms with Crippen LogP contribution in [0.1, 0.15) is 45.3 Å². The van der Waals surface area contributed by atoms with Crippen molar-refractivity contribution in [2.24, 2.45) is 11.7 Å². The smallest absolute Gasteiger partial charge is 0.0673 e. The molecular formula is C15H25N3. The monoisotopic (exact) mass is 247 g/mol. The Morgan fingerprint density at radius 3 is 2.50 bits per heavy atom. The number of nitrogens with zero attached hydrogens (tertiary/aromatic N) is 2. The van der Waals surface area contributed by atoms with E-state index in [1.54, 1.807) is 0 Å². The maximum Gasteiger partial charge on any atom is 0.0673 e. The molecule has 0 spiro atoms. The van der Waals surface area contributed by atoms with Gasteiger partial charge in [0.05, 0.1) is 11.7 Å². The summed E-state index contributed by atoms with van der Waals surface area (Å²) in [6.45, 7) is 7.74. The van der Waals surface area contributed by atoms with Crippen LogP contribution in [0.4, 0.5) is 0 Å². The number of pyridine rings is 1. The van der Waals surface area contributed by atoms with E-state index in [2.05, 4.69) is 42.8 Å². The molecule has 1 aromatic heterocycles. The fraction of sp³-hybridized carbons (Fsp3) is 0.667. The lowest BCUT2D eigenvalue weighted by molar-refractivity contribution is 0.144. The highest BCUT2D eigenvalue weighted by molar-refractivity contribution is 5.12. The molecule has 1 fully saturated rings. The Hall–Kier alpha value is -0.930. The van der Waals surface area contributed by atoms with Crippen molar-refractivity contribution in [2.45, 2.75) is 51.7 Å². The topological polar surface area (TPSA) is 42.2 Å². The zero-order valence-corrected chi connectivity index (χ0v) is 11.7. The van der Waals surface area contributed by atoms with E-state index in [4.69, 9.17) is 5.73 Å². The standard InChI is InChI=1S/C15H25N3/c1-11(2)10-18(13-7-8-13)15(12(3)16)14-6-4-5-9-17-14/h4-6,9,11-13,15H,7-8,10,16H2,1-3H3. The second kappa shape index (κ2) is 5.81. The molecule has 0 radical (unpaired) electrons. The average molecular weight is 247 g/mol. The summed E-state index contributed by atoms with van der Waals surface area (Å²) in [6.07, 6.45) is 4.48. The lowest BCUT2D eigenvalue weighted by Gasteiger charge is -2.35. The molecule has 3 nitrogen and oxygen atoms in total. The van der Waals surface area contributed by atoms with E-state index >= 15 is 0 Å². The van der Waals surface area contributed by atoms with Gasteiger partial charge in [-0.2, -0.15) is 0 Å². The maximum absolute atomic E-state index is 6.23. The molecule has 1 aliphatic carbocycles. The van der Waals surface area contributed by atoms with E-state index in [9.17, 15) is 0 Å². The van der Waals surface area contributed by atoms with Crippen LogP contribution in [-0.2, 0) is 0 Å². The van der Waals surface area contributed by atoms with Gasteiger partial charge in [0.1, 0.15) is 0 Å². The maximum atomic E-state index is 6.23. The molecule has 0 amide bonds. The highest BCUT2D eigenvalue weighted by atomic mass is 15.2. The summed E-state index contributed by atoms with van der Waals surface area (Å²) in [5.41, 5.74) is 7.34. The second-order valence-corrected chi connectivity index (χ2v) is 5.88. The van der Waals surface area contributed by atoms with Crippen LogP contribution in [0, 0.1) is 5.92 Å². The fourth-order valence-corrected chi connectivity index (χ4v) is 2.61. The van der Waals surface area contributed by atoms with Crippen LogP contribution in [0.5, 0.6) is 0 Å². The van der Waals surface area contributed by atoms with Crippen molar-refractivity contribution in [1.82, 2.24) is 9.88 Å². The van der Waals surface area contributed by atoms with Gasteiger partial charge in [0.25, 0.3) is 0 Å². The third kappa shape index (κ3) is 3.30. The minimum atomic E-state index is 0.110. The first kappa shape index (κ1) is 13.5. The molecule has 3 heteroatoms. The molecule has 2 N–H and O–H groups in total. The quantitative estimate of drug-likeness (QED) is 0.840. The van der Waals surface area contributed by atoms with Gasteiger partial charge in [0, 0.05) is 24.8 Å². The molecule has 18 heavy (non-hydrogen) atoms. The molecule has 1 saturated carbocycles. The van der Waals surface area contributed by atoms with Gasteiger partial charge < -0.3 is 5.73 Å². The SMILES string of the molecule is CC(C)CN(C1CC1)C(c1ccccn1)C(C)N. The van der Waals surface area contributed by atoms with Crippen molar-refractivity contribution < 1.29 is 0 Å². The Labute approximate surface area is 110 Å². The van der Waals surface area contributed by atoms with Crippen LogP contribution in [0.2, 0.25) is 0 Å². The largest absolute Gasteiger partial charge is 0.326 e. The third-order valence-corrected chi connectivity index (χ3v) is 3.44. The van der Waals surface area contributed by atoms with Gasteiger partial charge in [0.15, 0.2) is 0 Å². The predicted molar refractivity (Wildman–Crippen MR) is 75.2 cm³/mol. The number of aromatic nitrogens is 1. The highest BCUT2D eigenvalue weighted by Gasteiger charge is 2.36. The van der Waals surface area contributed by atoms with Crippen LogP contribution in [0.15, 0.2) is 24.4 Å². The molecule has 2 atom stereocenters. The molecule has 0 aromatic carbocycles. The zero-order chi connectivity index (χ0) is 13.1. The Bertz CT molecular complexity index is 357. The minimum Gasteiger partial charge on any atom is -0.326 e. The van der Waals surface area contributed by atoms with Crippen molar-refractivity contribution >= 4 is 0 Å². The lowest BCUT2D eigenvalue weighted by atomic mass is 10.0. The molecule has 2 rings (SSSR count). The van der Waals surface area contributed by atoms with E-state index < -0.39 is 0 Å². The van der Waals surface area contributed by atoms with Crippen LogP contribution >= 0.6 is 0 Å².